The second-order valence-corrected chi connectivity index (χ2v) is 7.22. The highest BCUT2D eigenvalue weighted by atomic mass is 32.2. The smallest absolute Gasteiger partial charge is 0.269 e. The van der Waals surface area contributed by atoms with Crippen LogP contribution in [0.4, 0.5) is 5.69 Å². The molecule has 2 rings (SSSR count). The van der Waals surface area contributed by atoms with Crippen LogP contribution in [0.5, 0.6) is 0 Å². The van der Waals surface area contributed by atoms with Gasteiger partial charge >= 0.3 is 0 Å². The summed E-state index contributed by atoms with van der Waals surface area (Å²) < 4.78 is 16.4. The summed E-state index contributed by atoms with van der Waals surface area (Å²) in [5.74, 6) is -0.570. The summed E-state index contributed by atoms with van der Waals surface area (Å²) in [4.78, 5) is 22.5. The quantitative estimate of drug-likeness (QED) is 0.488. The molecule has 1 aliphatic rings. The fraction of sp³-hybridized carbons (Fsp3) is 0.357. The van der Waals surface area contributed by atoms with Gasteiger partial charge in [-0.2, -0.15) is 4.36 Å². The number of rotatable bonds is 3. The van der Waals surface area contributed by atoms with Gasteiger partial charge in [0.25, 0.3) is 11.6 Å². The third kappa shape index (κ3) is 3.75. The van der Waals surface area contributed by atoms with Crippen molar-refractivity contribution in [1.29, 1.82) is 0 Å². The molecule has 1 aromatic carbocycles. The first kappa shape index (κ1) is 15.4. The average molecular weight is 308 g/mol. The summed E-state index contributed by atoms with van der Waals surface area (Å²) in [5.41, 5.74) is -0.0855. The Morgan fingerprint density at radius 3 is 2.52 bits per heavy atom. The first-order valence-corrected chi connectivity index (χ1v) is 8.48. The number of nitro benzene ring substituents is 1. The number of benzene rings is 1. The number of hydrogen-bond acceptors (Lipinski definition) is 4. The van der Waals surface area contributed by atoms with Crippen LogP contribution in [0.3, 0.4) is 0 Å². The van der Waals surface area contributed by atoms with E-state index in [0.717, 1.165) is 6.42 Å². The molecule has 0 N–H and O–H groups in total. The summed E-state index contributed by atoms with van der Waals surface area (Å²) in [6.07, 6.45) is 7.50. The van der Waals surface area contributed by atoms with Crippen LogP contribution in [0.2, 0.25) is 0 Å². The van der Waals surface area contributed by atoms with Crippen LogP contribution in [0.1, 0.15) is 19.3 Å². The Hall–Kier alpha value is -2.02. The van der Waals surface area contributed by atoms with E-state index in [1.54, 1.807) is 0 Å². The number of amides is 1. The zero-order valence-electron chi connectivity index (χ0n) is 11.6. The van der Waals surface area contributed by atoms with Gasteiger partial charge in [-0.1, -0.05) is 12.2 Å². The fourth-order valence-electron chi connectivity index (χ4n) is 2.14. The van der Waals surface area contributed by atoms with Crippen LogP contribution in [0.15, 0.2) is 45.7 Å². The number of nitro groups is 1. The normalized spacial score (nSPS) is 20.5. The second kappa shape index (κ2) is 6.17. The Bertz CT molecular complexity index is 700. The summed E-state index contributed by atoms with van der Waals surface area (Å²) in [6, 6.07) is 5.31. The molecule has 112 valence electrons. The predicted molar refractivity (Wildman–Crippen MR) is 79.3 cm³/mol. The van der Waals surface area contributed by atoms with E-state index in [-0.39, 0.29) is 17.5 Å². The number of carbonyl (C=O) groups is 1. The molecule has 1 aliphatic carbocycles. The topological polar surface area (TPSA) is 89.6 Å². The molecule has 0 heterocycles. The van der Waals surface area contributed by atoms with Gasteiger partial charge in [-0.3, -0.25) is 14.9 Å². The number of allylic oxidation sites excluding steroid dienone is 2. The van der Waals surface area contributed by atoms with Gasteiger partial charge in [0.05, 0.1) is 14.7 Å². The van der Waals surface area contributed by atoms with Crippen LogP contribution < -0.4 is 0 Å². The minimum Gasteiger partial charge on any atom is -0.272 e. The molecular weight excluding hydrogens is 292 g/mol. The van der Waals surface area contributed by atoms with E-state index in [9.17, 15) is 19.1 Å². The SMILES string of the molecule is CS(=O)(=NC(=O)C1CC=CCC1)c1ccc([N+](=O)[O-])cc1. The van der Waals surface area contributed by atoms with E-state index in [1.165, 1.54) is 30.5 Å². The molecule has 0 radical (unpaired) electrons. The third-order valence-electron chi connectivity index (χ3n) is 3.37. The van der Waals surface area contributed by atoms with Gasteiger partial charge in [-0.25, -0.2) is 4.21 Å². The van der Waals surface area contributed by atoms with Crippen molar-refractivity contribution in [3.63, 3.8) is 0 Å². The van der Waals surface area contributed by atoms with E-state index in [0.29, 0.717) is 17.7 Å². The highest BCUT2D eigenvalue weighted by molar-refractivity contribution is 7.93. The largest absolute Gasteiger partial charge is 0.272 e. The van der Waals surface area contributed by atoms with Crippen molar-refractivity contribution in [2.24, 2.45) is 10.3 Å². The lowest BCUT2D eigenvalue weighted by Gasteiger charge is -2.14. The highest BCUT2D eigenvalue weighted by Crippen LogP contribution is 2.22. The monoisotopic (exact) mass is 308 g/mol. The maximum atomic E-state index is 12.5. The van der Waals surface area contributed by atoms with Crippen molar-refractivity contribution in [3.05, 3.63) is 46.5 Å². The zero-order valence-corrected chi connectivity index (χ0v) is 12.4. The van der Waals surface area contributed by atoms with Crippen LogP contribution in [0.25, 0.3) is 0 Å². The second-order valence-electron chi connectivity index (χ2n) is 4.96. The van der Waals surface area contributed by atoms with E-state index >= 15 is 0 Å². The maximum absolute atomic E-state index is 12.5. The Labute approximate surface area is 123 Å². The van der Waals surface area contributed by atoms with E-state index < -0.39 is 14.7 Å². The van der Waals surface area contributed by atoms with Crippen LogP contribution in [-0.2, 0) is 14.5 Å². The third-order valence-corrected chi connectivity index (χ3v) is 5.04. The highest BCUT2D eigenvalue weighted by Gasteiger charge is 2.20. The zero-order chi connectivity index (χ0) is 15.5. The van der Waals surface area contributed by atoms with Gasteiger partial charge in [0.15, 0.2) is 0 Å². The van der Waals surface area contributed by atoms with Crippen LogP contribution >= 0.6 is 0 Å². The van der Waals surface area contributed by atoms with Crippen molar-refractivity contribution in [3.8, 4) is 0 Å². The molecule has 21 heavy (non-hydrogen) atoms. The summed E-state index contributed by atoms with van der Waals surface area (Å²) >= 11 is 0. The Morgan fingerprint density at radius 1 is 1.33 bits per heavy atom. The lowest BCUT2D eigenvalue weighted by Crippen LogP contribution is -2.15. The van der Waals surface area contributed by atoms with Gasteiger partial charge in [-0.15, -0.1) is 0 Å². The first-order valence-electron chi connectivity index (χ1n) is 6.55. The minimum absolute atomic E-state index is 0.0855. The molecular formula is C14H16N2O4S. The van der Waals surface area contributed by atoms with Gasteiger partial charge in [0.1, 0.15) is 0 Å². The standard InChI is InChI=1S/C14H16N2O4S/c1-21(20,13-9-7-12(8-10-13)16(18)19)15-14(17)11-5-3-2-4-6-11/h2-3,7-11H,4-6H2,1H3. The van der Waals surface area contributed by atoms with E-state index in [4.69, 9.17) is 0 Å². The molecule has 0 fully saturated rings. The number of carbonyl (C=O) groups excluding carboxylic acids is 1. The molecule has 0 saturated heterocycles. The molecule has 6 nitrogen and oxygen atoms in total. The van der Waals surface area contributed by atoms with Crippen molar-refractivity contribution >= 4 is 21.3 Å². The maximum Gasteiger partial charge on any atom is 0.269 e. The lowest BCUT2D eigenvalue weighted by molar-refractivity contribution is -0.384. The fourth-order valence-corrected chi connectivity index (χ4v) is 3.38. The van der Waals surface area contributed by atoms with Crippen molar-refractivity contribution in [1.82, 2.24) is 0 Å². The molecule has 2 unspecified atom stereocenters. The summed E-state index contributed by atoms with van der Waals surface area (Å²) in [7, 11) is -2.87. The molecule has 0 saturated carbocycles. The Kier molecular flexibility index (Phi) is 4.52. The van der Waals surface area contributed by atoms with Gasteiger partial charge in [-0.05, 0) is 31.4 Å². The Morgan fingerprint density at radius 2 is 2.00 bits per heavy atom. The lowest BCUT2D eigenvalue weighted by atomic mass is 9.94. The van der Waals surface area contributed by atoms with Gasteiger partial charge < -0.3 is 0 Å². The molecule has 0 aromatic heterocycles. The van der Waals surface area contributed by atoms with Crippen molar-refractivity contribution in [2.45, 2.75) is 24.2 Å². The van der Waals surface area contributed by atoms with Crippen molar-refractivity contribution in [2.75, 3.05) is 6.26 Å². The average Bonchev–Trinajstić information content (AvgIpc) is 2.48. The number of non-ortho nitro benzene ring substituents is 1. The van der Waals surface area contributed by atoms with Crippen LogP contribution in [0, 0.1) is 16.0 Å². The molecule has 2 atom stereocenters. The predicted octanol–water partition coefficient (Wildman–Crippen LogP) is 2.93. The minimum atomic E-state index is -2.87. The molecule has 7 heteroatoms. The van der Waals surface area contributed by atoms with Crippen LogP contribution in [-0.4, -0.2) is 21.3 Å². The van der Waals surface area contributed by atoms with E-state index in [2.05, 4.69) is 4.36 Å². The van der Waals surface area contributed by atoms with Crippen molar-refractivity contribution < 1.29 is 13.9 Å². The molecule has 1 amide bonds. The molecule has 0 spiro atoms. The van der Waals surface area contributed by atoms with Gasteiger partial charge in [0.2, 0.25) is 0 Å². The summed E-state index contributed by atoms with van der Waals surface area (Å²) in [6.45, 7) is 0. The molecule has 0 aliphatic heterocycles. The van der Waals surface area contributed by atoms with Gasteiger partial charge in [0, 0.05) is 29.2 Å². The number of hydrogen-bond donors (Lipinski definition) is 0. The molecule has 0 bridgehead atoms. The van der Waals surface area contributed by atoms with E-state index in [1.807, 2.05) is 12.2 Å². The first-order chi connectivity index (χ1) is 9.90. The Balaban J connectivity index is 2.25. The number of nitrogens with zero attached hydrogens (tertiary/aromatic N) is 2. The molecule has 1 aromatic rings. The summed E-state index contributed by atoms with van der Waals surface area (Å²) in [5, 5.41) is 10.6.